The third-order valence-corrected chi connectivity index (χ3v) is 13.8. The average molecular weight is 964 g/mol. The molecule has 0 aliphatic heterocycles. The zero-order chi connectivity index (χ0) is 49.3. The minimum absolute atomic E-state index is 0.0119. The van der Waals surface area contributed by atoms with E-state index in [2.05, 4.69) is 31.0 Å². The van der Waals surface area contributed by atoms with Gasteiger partial charge in [0, 0.05) is 19.3 Å². The molecule has 0 radical (unpaired) electrons. The molecule has 8 heteroatoms. The van der Waals surface area contributed by atoms with Gasteiger partial charge in [-0.25, -0.2) is 0 Å². The fraction of sp³-hybridized carbons (Fsp3) is 0.950. The third kappa shape index (κ3) is 55.3. The van der Waals surface area contributed by atoms with Crippen molar-refractivity contribution < 1.29 is 28.6 Å². The van der Waals surface area contributed by atoms with E-state index in [1.54, 1.807) is 0 Å². The van der Waals surface area contributed by atoms with Crippen LogP contribution in [0.25, 0.3) is 0 Å². The monoisotopic (exact) mass is 963 g/mol. The molecule has 8 nitrogen and oxygen atoms in total. The Morgan fingerprint density at radius 3 is 0.838 bits per heavy atom. The number of nitrogens with zero attached hydrogens (tertiary/aromatic N) is 1. The molecule has 0 rings (SSSR count). The zero-order valence-electron chi connectivity index (χ0n) is 46.1. The van der Waals surface area contributed by atoms with Crippen LogP contribution in [0.15, 0.2) is 0 Å². The van der Waals surface area contributed by atoms with E-state index in [1.165, 1.54) is 218 Å². The van der Waals surface area contributed by atoms with Crippen molar-refractivity contribution in [1.82, 2.24) is 10.2 Å². The predicted octanol–water partition coefficient (Wildman–Crippen LogP) is 17.5. The van der Waals surface area contributed by atoms with Crippen molar-refractivity contribution in [3.63, 3.8) is 0 Å². The van der Waals surface area contributed by atoms with Gasteiger partial charge < -0.3 is 24.4 Å². The van der Waals surface area contributed by atoms with Crippen LogP contribution in [0.4, 0.5) is 0 Å². The Balaban J connectivity index is 4.16. The lowest BCUT2D eigenvalue weighted by Gasteiger charge is -2.22. The van der Waals surface area contributed by atoms with Crippen LogP contribution < -0.4 is 5.32 Å². The SMILES string of the molecule is CCCCCCCCCCCOC(=O)CCCCCCCNCCCN(CCCCCCCC(=O)OCCCCCCCCCCC)CCCCCCCC(=O)OCCCCCCCCCCC. The quantitative estimate of drug-likeness (QED) is 0.0366. The second kappa shape index (κ2) is 57.9. The van der Waals surface area contributed by atoms with E-state index in [0.717, 1.165) is 90.5 Å². The molecule has 0 bridgehead atoms. The van der Waals surface area contributed by atoms with Gasteiger partial charge in [0.05, 0.1) is 19.8 Å². The highest BCUT2D eigenvalue weighted by Gasteiger charge is 2.08. The molecular weight excluding hydrogens is 845 g/mol. The van der Waals surface area contributed by atoms with Gasteiger partial charge in [0.1, 0.15) is 0 Å². The Bertz CT molecular complexity index is 976. The van der Waals surface area contributed by atoms with Crippen molar-refractivity contribution in [1.29, 1.82) is 0 Å². The number of nitrogens with one attached hydrogen (secondary N) is 1. The van der Waals surface area contributed by atoms with E-state index in [-0.39, 0.29) is 17.9 Å². The van der Waals surface area contributed by atoms with Crippen molar-refractivity contribution in [2.45, 2.75) is 316 Å². The van der Waals surface area contributed by atoms with Crippen molar-refractivity contribution in [3.05, 3.63) is 0 Å². The van der Waals surface area contributed by atoms with Gasteiger partial charge in [-0.15, -0.1) is 0 Å². The van der Waals surface area contributed by atoms with Crippen LogP contribution in [0.3, 0.4) is 0 Å². The molecule has 0 heterocycles. The molecule has 0 aromatic carbocycles. The molecule has 68 heavy (non-hydrogen) atoms. The summed E-state index contributed by atoms with van der Waals surface area (Å²) in [7, 11) is 0. The van der Waals surface area contributed by atoms with E-state index < -0.39 is 0 Å². The first-order valence-electron chi connectivity index (χ1n) is 30.4. The maximum Gasteiger partial charge on any atom is 0.305 e. The van der Waals surface area contributed by atoms with Gasteiger partial charge in [-0.2, -0.15) is 0 Å². The Morgan fingerprint density at radius 2 is 0.515 bits per heavy atom. The molecule has 1 N–H and O–H groups in total. The second-order valence-corrected chi connectivity index (χ2v) is 20.6. The van der Waals surface area contributed by atoms with Crippen LogP contribution in [0.2, 0.25) is 0 Å². The number of hydrogen-bond donors (Lipinski definition) is 1. The summed E-state index contributed by atoms with van der Waals surface area (Å²) in [6, 6.07) is 0. The molecule has 0 atom stereocenters. The predicted molar refractivity (Wildman–Crippen MR) is 292 cm³/mol. The van der Waals surface area contributed by atoms with E-state index in [0.29, 0.717) is 39.1 Å². The Morgan fingerprint density at radius 1 is 0.279 bits per heavy atom. The van der Waals surface area contributed by atoms with Crippen LogP contribution >= 0.6 is 0 Å². The summed E-state index contributed by atoms with van der Waals surface area (Å²) in [4.78, 5) is 39.3. The summed E-state index contributed by atoms with van der Waals surface area (Å²) in [6.45, 7) is 14.1. The standard InChI is InChI=1S/C60H118N2O6/c1-4-7-10-13-16-19-22-34-43-55-66-58(63)47-37-28-25-31-40-50-61-51-46-54-62(52-41-32-26-29-38-48-59(64)67-56-44-35-23-20-17-14-11-8-5-2)53-42-33-27-30-39-49-60(65)68-57-45-36-24-21-18-15-12-9-6-3/h61H,4-57H2,1-3H3. The Labute approximate surface area is 423 Å². The lowest BCUT2D eigenvalue weighted by molar-refractivity contribution is -0.144. The van der Waals surface area contributed by atoms with Crippen LogP contribution in [0, 0.1) is 0 Å². The Kier molecular flexibility index (Phi) is 56.5. The summed E-state index contributed by atoms with van der Waals surface area (Å²) >= 11 is 0. The highest BCUT2D eigenvalue weighted by molar-refractivity contribution is 5.69. The molecule has 0 amide bonds. The van der Waals surface area contributed by atoms with Crippen molar-refractivity contribution in [2.75, 3.05) is 52.5 Å². The summed E-state index contributed by atoms with van der Waals surface area (Å²) in [5, 5.41) is 3.69. The molecule has 0 aromatic heterocycles. The summed E-state index contributed by atoms with van der Waals surface area (Å²) in [5.74, 6) is -0.0358. The Hall–Kier alpha value is -1.67. The number of unbranched alkanes of at least 4 members (excludes halogenated alkanes) is 36. The molecule has 0 spiro atoms. The topological polar surface area (TPSA) is 94.2 Å². The highest BCUT2D eigenvalue weighted by Crippen LogP contribution is 2.15. The fourth-order valence-corrected chi connectivity index (χ4v) is 9.22. The first-order valence-corrected chi connectivity index (χ1v) is 30.4. The van der Waals surface area contributed by atoms with Gasteiger partial charge in [-0.1, -0.05) is 233 Å². The molecule has 0 saturated carbocycles. The normalized spacial score (nSPS) is 11.5. The number of rotatable bonds is 58. The molecule has 0 aromatic rings. The lowest BCUT2D eigenvalue weighted by atomic mass is 10.1. The van der Waals surface area contributed by atoms with Gasteiger partial charge >= 0.3 is 17.9 Å². The van der Waals surface area contributed by atoms with Gasteiger partial charge in [0.25, 0.3) is 0 Å². The average Bonchev–Trinajstić information content (AvgIpc) is 3.34. The molecule has 0 aliphatic rings. The summed E-state index contributed by atoms with van der Waals surface area (Å²) in [5.41, 5.74) is 0. The van der Waals surface area contributed by atoms with E-state index >= 15 is 0 Å². The number of carbonyl (C=O) groups is 3. The maximum atomic E-state index is 12.2. The smallest absolute Gasteiger partial charge is 0.305 e. The van der Waals surface area contributed by atoms with Gasteiger partial charge in [-0.05, 0) is 96.9 Å². The molecular formula is C60H118N2O6. The van der Waals surface area contributed by atoms with Gasteiger partial charge in [-0.3, -0.25) is 14.4 Å². The van der Waals surface area contributed by atoms with Crippen molar-refractivity contribution in [2.24, 2.45) is 0 Å². The number of hydrogen-bond acceptors (Lipinski definition) is 8. The maximum absolute atomic E-state index is 12.2. The minimum Gasteiger partial charge on any atom is -0.466 e. The summed E-state index contributed by atoms with van der Waals surface area (Å²) < 4.78 is 16.5. The second-order valence-electron chi connectivity index (χ2n) is 20.6. The highest BCUT2D eigenvalue weighted by atomic mass is 16.5. The van der Waals surface area contributed by atoms with Crippen LogP contribution in [0.1, 0.15) is 316 Å². The largest absolute Gasteiger partial charge is 0.466 e. The fourth-order valence-electron chi connectivity index (χ4n) is 9.22. The van der Waals surface area contributed by atoms with Gasteiger partial charge in [0.2, 0.25) is 0 Å². The van der Waals surface area contributed by atoms with E-state index in [1.807, 2.05) is 0 Å². The van der Waals surface area contributed by atoms with Crippen LogP contribution in [-0.2, 0) is 28.6 Å². The van der Waals surface area contributed by atoms with Crippen molar-refractivity contribution in [3.8, 4) is 0 Å². The lowest BCUT2D eigenvalue weighted by Crippen LogP contribution is -2.30. The molecule has 0 saturated heterocycles. The first kappa shape index (κ1) is 66.3. The molecule has 0 unspecified atom stereocenters. The van der Waals surface area contributed by atoms with Crippen LogP contribution in [0.5, 0.6) is 0 Å². The molecule has 0 fully saturated rings. The first-order chi connectivity index (χ1) is 33.5. The molecule has 0 aliphatic carbocycles. The van der Waals surface area contributed by atoms with Crippen molar-refractivity contribution >= 4 is 17.9 Å². The number of ether oxygens (including phenoxy) is 3. The number of esters is 3. The van der Waals surface area contributed by atoms with Crippen LogP contribution in [-0.4, -0.2) is 75.4 Å². The van der Waals surface area contributed by atoms with E-state index in [9.17, 15) is 14.4 Å². The van der Waals surface area contributed by atoms with E-state index in [4.69, 9.17) is 14.2 Å². The molecule has 404 valence electrons. The van der Waals surface area contributed by atoms with Gasteiger partial charge in [0.15, 0.2) is 0 Å². The summed E-state index contributed by atoms with van der Waals surface area (Å²) in [6.07, 6.45) is 54.4. The number of carbonyl (C=O) groups excluding carboxylic acids is 3. The zero-order valence-corrected chi connectivity index (χ0v) is 46.1. The minimum atomic E-state index is -0.0120. The third-order valence-electron chi connectivity index (χ3n) is 13.8.